The highest BCUT2D eigenvalue weighted by atomic mass is 15.0. The van der Waals surface area contributed by atoms with Gasteiger partial charge in [0.05, 0.1) is 0 Å². The number of nitrogens with two attached hydrogens (primary N) is 1. The Morgan fingerprint density at radius 1 is 1.54 bits per heavy atom. The van der Waals surface area contributed by atoms with Gasteiger partial charge in [-0.1, -0.05) is 0 Å². The summed E-state index contributed by atoms with van der Waals surface area (Å²) in [4.78, 5) is 4.33. The third kappa shape index (κ3) is 1.31. The van der Waals surface area contributed by atoms with E-state index < -0.39 is 0 Å². The van der Waals surface area contributed by atoms with Crippen LogP contribution in [0.5, 0.6) is 0 Å². The summed E-state index contributed by atoms with van der Waals surface area (Å²) in [6.07, 6.45) is 1.81. The molecule has 0 spiro atoms. The molecule has 2 aromatic heterocycles. The number of hydrogen-bond donors (Lipinski definition) is 1. The van der Waals surface area contributed by atoms with E-state index in [1.807, 2.05) is 12.3 Å². The maximum absolute atomic E-state index is 5.53. The van der Waals surface area contributed by atoms with Crippen LogP contribution in [-0.2, 0) is 6.54 Å². The monoisotopic (exact) mass is 175 g/mol. The summed E-state index contributed by atoms with van der Waals surface area (Å²) in [5.41, 5.74) is 7.79. The summed E-state index contributed by atoms with van der Waals surface area (Å²) < 4.78 is 2.15. The molecule has 2 heterocycles. The molecule has 3 nitrogen and oxygen atoms in total. The Bertz CT molecular complexity index is 417. The maximum Gasteiger partial charge on any atom is 0.140 e. The fourth-order valence-corrected chi connectivity index (χ4v) is 1.63. The Labute approximate surface area is 77.2 Å². The number of aromatic nitrogens is 2. The lowest BCUT2D eigenvalue weighted by atomic mass is 10.3. The Kier molecular flexibility index (Phi) is 2.02. The molecule has 13 heavy (non-hydrogen) atoms. The zero-order valence-corrected chi connectivity index (χ0v) is 7.70. The van der Waals surface area contributed by atoms with E-state index in [0.717, 1.165) is 12.2 Å². The smallest absolute Gasteiger partial charge is 0.140 e. The first-order chi connectivity index (χ1) is 6.33. The predicted molar refractivity (Wildman–Crippen MR) is 53.5 cm³/mol. The summed E-state index contributed by atoms with van der Waals surface area (Å²) in [5.74, 6) is 0. The largest absolute Gasteiger partial charge is 0.329 e. The molecule has 0 aliphatic carbocycles. The zero-order valence-electron chi connectivity index (χ0n) is 7.70. The number of rotatable bonds is 2. The fraction of sp³-hybridized carbons (Fsp3) is 0.300. The number of hydrogen-bond acceptors (Lipinski definition) is 2. The van der Waals surface area contributed by atoms with Crippen molar-refractivity contribution in [1.82, 2.24) is 9.55 Å². The van der Waals surface area contributed by atoms with Gasteiger partial charge in [0.15, 0.2) is 0 Å². The average Bonchev–Trinajstić information content (AvgIpc) is 2.44. The van der Waals surface area contributed by atoms with Crippen molar-refractivity contribution >= 4 is 11.0 Å². The van der Waals surface area contributed by atoms with Crippen molar-refractivity contribution < 1.29 is 0 Å². The topological polar surface area (TPSA) is 43.8 Å². The van der Waals surface area contributed by atoms with Crippen LogP contribution in [-0.4, -0.2) is 16.1 Å². The van der Waals surface area contributed by atoms with Gasteiger partial charge in [0.2, 0.25) is 0 Å². The molecule has 68 valence electrons. The molecule has 0 radical (unpaired) electrons. The minimum absolute atomic E-state index is 0.654. The minimum Gasteiger partial charge on any atom is -0.329 e. The van der Waals surface area contributed by atoms with Crippen LogP contribution >= 0.6 is 0 Å². The number of nitrogens with zero attached hydrogens (tertiary/aromatic N) is 2. The molecule has 0 bridgehead atoms. The fourth-order valence-electron chi connectivity index (χ4n) is 1.63. The van der Waals surface area contributed by atoms with Gasteiger partial charge < -0.3 is 10.3 Å². The lowest BCUT2D eigenvalue weighted by molar-refractivity contribution is 0.708. The first-order valence-electron chi connectivity index (χ1n) is 4.44. The van der Waals surface area contributed by atoms with Gasteiger partial charge in [-0.3, -0.25) is 0 Å². The van der Waals surface area contributed by atoms with E-state index in [9.17, 15) is 0 Å². The minimum atomic E-state index is 0.654. The molecule has 3 heteroatoms. The van der Waals surface area contributed by atoms with Crippen LogP contribution in [0.3, 0.4) is 0 Å². The van der Waals surface area contributed by atoms with Gasteiger partial charge in [0.1, 0.15) is 5.65 Å². The molecule has 0 unspecified atom stereocenters. The van der Waals surface area contributed by atoms with Crippen molar-refractivity contribution in [2.24, 2.45) is 5.73 Å². The summed E-state index contributed by atoms with van der Waals surface area (Å²) >= 11 is 0. The molecule has 2 aromatic rings. The van der Waals surface area contributed by atoms with Crippen molar-refractivity contribution in [3.63, 3.8) is 0 Å². The van der Waals surface area contributed by atoms with Gasteiger partial charge in [0.25, 0.3) is 0 Å². The molecule has 0 atom stereocenters. The summed E-state index contributed by atoms with van der Waals surface area (Å²) in [7, 11) is 0. The highest BCUT2D eigenvalue weighted by molar-refractivity contribution is 5.77. The second-order valence-corrected chi connectivity index (χ2v) is 3.14. The van der Waals surface area contributed by atoms with E-state index in [1.54, 1.807) is 0 Å². The van der Waals surface area contributed by atoms with E-state index in [-0.39, 0.29) is 0 Å². The highest BCUT2D eigenvalue weighted by Crippen LogP contribution is 2.15. The molecular formula is C10H13N3. The van der Waals surface area contributed by atoms with E-state index >= 15 is 0 Å². The predicted octanol–water partition coefficient (Wildman–Crippen LogP) is 1.30. The summed E-state index contributed by atoms with van der Waals surface area (Å²) in [5, 5.41) is 1.19. The van der Waals surface area contributed by atoms with Gasteiger partial charge in [0, 0.05) is 30.4 Å². The molecular weight excluding hydrogens is 162 g/mol. The maximum atomic E-state index is 5.53. The molecule has 0 saturated carbocycles. The van der Waals surface area contributed by atoms with Gasteiger partial charge in [-0.2, -0.15) is 0 Å². The summed E-state index contributed by atoms with van der Waals surface area (Å²) in [6, 6.07) is 6.16. The van der Waals surface area contributed by atoms with E-state index in [1.165, 1.54) is 11.1 Å². The quantitative estimate of drug-likeness (QED) is 0.747. The third-order valence-electron chi connectivity index (χ3n) is 2.22. The molecule has 0 aliphatic heterocycles. The Balaban J connectivity index is 2.64. The Hall–Kier alpha value is -1.35. The van der Waals surface area contributed by atoms with Crippen LogP contribution < -0.4 is 5.73 Å². The van der Waals surface area contributed by atoms with Gasteiger partial charge in [-0.05, 0) is 25.1 Å². The van der Waals surface area contributed by atoms with Crippen molar-refractivity contribution in [3.8, 4) is 0 Å². The molecule has 0 aliphatic rings. The van der Waals surface area contributed by atoms with E-state index in [4.69, 9.17) is 5.73 Å². The molecule has 0 saturated heterocycles. The first kappa shape index (κ1) is 8.26. The van der Waals surface area contributed by atoms with Crippen LogP contribution in [0, 0.1) is 6.92 Å². The van der Waals surface area contributed by atoms with Crippen LogP contribution in [0.1, 0.15) is 5.69 Å². The lowest BCUT2D eigenvalue weighted by Crippen LogP contribution is -2.11. The Morgan fingerprint density at radius 3 is 3.15 bits per heavy atom. The highest BCUT2D eigenvalue weighted by Gasteiger charge is 2.03. The number of pyridine rings is 1. The van der Waals surface area contributed by atoms with Crippen LogP contribution in [0.15, 0.2) is 24.4 Å². The summed E-state index contributed by atoms with van der Waals surface area (Å²) in [6.45, 7) is 3.57. The van der Waals surface area contributed by atoms with E-state index in [2.05, 4.69) is 28.6 Å². The molecule has 0 amide bonds. The van der Waals surface area contributed by atoms with Gasteiger partial charge in [-0.15, -0.1) is 0 Å². The first-order valence-corrected chi connectivity index (χ1v) is 4.44. The molecule has 2 N–H and O–H groups in total. The second-order valence-electron chi connectivity index (χ2n) is 3.14. The normalized spacial score (nSPS) is 10.9. The van der Waals surface area contributed by atoms with Gasteiger partial charge in [-0.25, -0.2) is 4.98 Å². The van der Waals surface area contributed by atoms with Crippen molar-refractivity contribution in [2.45, 2.75) is 13.5 Å². The zero-order chi connectivity index (χ0) is 9.26. The molecule has 0 aromatic carbocycles. The average molecular weight is 175 g/mol. The van der Waals surface area contributed by atoms with Gasteiger partial charge >= 0.3 is 0 Å². The van der Waals surface area contributed by atoms with Crippen molar-refractivity contribution in [3.05, 3.63) is 30.1 Å². The molecule has 2 rings (SSSR count). The second kappa shape index (κ2) is 3.18. The van der Waals surface area contributed by atoms with E-state index in [0.29, 0.717) is 6.54 Å². The Morgan fingerprint density at radius 2 is 2.38 bits per heavy atom. The van der Waals surface area contributed by atoms with Crippen LogP contribution in [0.2, 0.25) is 0 Å². The lowest BCUT2D eigenvalue weighted by Gasteiger charge is -2.03. The standard InChI is InChI=1S/C10H13N3/c1-8-7-9-3-2-5-12-10(9)13(8)6-4-11/h2-3,5,7H,4,6,11H2,1H3. The van der Waals surface area contributed by atoms with Crippen LogP contribution in [0.4, 0.5) is 0 Å². The number of aryl methyl sites for hydroxylation is 1. The number of fused-ring (bicyclic) bond motifs is 1. The third-order valence-corrected chi connectivity index (χ3v) is 2.22. The van der Waals surface area contributed by atoms with Crippen molar-refractivity contribution in [2.75, 3.05) is 6.54 Å². The molecule has 0 fully saturated rings. The SMILES string of the molecule is Cc1cc2cccnc2n1CCN. The van der Waals surface area contributed by atoms with Crippen molar-refractivity contribution in [1.29, 1.82) is 0 Å². The van der Waals surface area contributed by atoms with Crippen LogP contribution in [0.25, 0.3) is 11.0 Å².